The van der Waals surface area contributed by atoms with Gasteiger partial charge in [0.1, 0.15) is 0 Å². The first-order valence-electron chi connectivity index (χ1n) is 6.61. The van der Waals surface area contributed by atoms with Crippen LogP contribution in [0.4, 0.5) is 0 Å². The standard InChI is InChI=1S/C18H19.2ClH.Zr/c1-12-11-18(4,14(3)13(12)2)17-10-9-15-7-5-6-8-16(15)17;;;/h5-10,17H,1-4H3;2*1H;/q-1;;;. The van der Waals surface area contributed by atoms with Gasteiger partial charge in [0.25, 0.3) is 0 Å². The average molecular weight is 399 g/mol. The summed E-state index contributed by atoms with van der Waals surface area (Å²) < 4.78 is 0. The van der Waals surface area contributed by atoms with E-state index in [1.807, 2.05) is 0 Å². The van der Waals surface area contributed by atoms with Crippen LogP contribution in [0.1, 0.15) is 44.7 Å². The molecule has 0 nitrogen and oxygen atoms in total. The molecule has 0 saturated heterocycles. The Kier molecular flexibility index (Phi) is 7.41. The Morgan fingerprint density at radius 3 is 2.24 bits per heavy atom. The van der Waals surface area contributed by atoms with E-state index in [9.17, 15) is 0 Å². The predicted molar refractivity (Wildman–Crippen MR) is 91.6 cm³/mol. The monoisotopic (exact) mass is 397 g/mol. The fourth-order valence-electron chi connectivity index (χ4n) is 3.31. The molecule has 2 unspecified atom stereocenters. The van der Waals surface area contributed by atoms with Crippen molar-refractivity contribution in [3.63, 3.8) is 0 Å². The topological polar surface area (TPSA) is 0 Å². The van der Waals surface area contributed by atoms with Crippen LogP contribution in [0.15, 0.2) is 47.1 Å². The fourth-order valence-corrected chi connectivity index (χ4v) is 3.31. The Hall–Kier alpha value is -0.0969. The molecule has 2 aliphatic rings. The predicted octanol–water partition coefficient (Wildman–Crippen LogP) is 5.74. The van der Waals surface area contributed by atoms with Gasteiger partial charge in [0.15, 0.2) is 0 Å². The van der Waals surface area contributed by atoms with Crippen molar-refractivity contribution in [1.82, 2.24) is 0 Å². The number of allylic oxidation sites excluding steroid dienone is 5. The largest absolute Gasteiger partial charge is 0.262 e. The molecule has 0 saturated carbocycles. The van der Waals surface area contributed by atoms with E-state index in [0.717, 1.165) is 0 Å². The van der Waals surface area contributed by atoms with Gasteiger partial charge < -0.3 is 0 Å². The summed E-state index contributed by atoms with van der Waals surface area (Å²) in [5.41, 5.74) is 7.02. The van der Waals surface area contributed by atoms with E-state index < -0.39 is 0 Å². The maximum atomic E-state index is 3.70. The van der Waals surface area contributed by atoms with Crippen LogP contribution in [0.3, 0.4) is 0 Å². The molecule has 0 aliphatic heterocycles. The molecular weight excluding hydrogens is 378 g/mol. The Morgan fingerprint density at radius 2 is 1.67 bits per heavy atom. The van der Waals surface area contributed by atoms with E-state index in [2.05, 4.69) is 70.2 Å². The second-order valence-electron chi connectivity index (χ2n) is 5.67. The first-order valence-corrected chi connectivity index (χ1v) is 6.61. The third-order valence-electron chi connectivity index (χ3n) is 4.77. The summed E-state index contributed by atoms with van der Waals surface area (Å²) in [4.78, 5) is 0. The third kappa shape index (κ3) is 3.16. The van der Waals surface area contributed by atoms with Crippen molar-refractivity contribution < 1.29 is 26.2 Å². The quantitative estimate of drug-likeness (QED) is 0.528. The Bertz CT molecular complexity index is 613. The minimum absolute atomic E-state index is 0. The van der Waals surface area contributed by atoms with Crippen LogP contribution in [0, 0.1) is 11.5 Å². The van der Waals surface area contributed by atoms with Crippen molar-refractivity contribution in [3.05, 3.63) is 64.3 Å². The summed E-state index contributed by atoms with van der Waals surface area (Å²) in [6.45, 7) is 8.97. The molecule has 0 spiro atoms. The van der Waals surface area contributed by atoms with Crippen LogP contribution >= 0.6 is 24.8 Å². The van der Waals surface area contributed by atoms with Gasteiger partial charge in [-0.25, -0.2) is 5.57 Å². The molecule has 21 heavy (non-hydrogen) atoms. The van der Waals surface area contributed by atoms with Crippen molar-refractivity contribution in [3.8, 4) is 0 Å². The number of halogens is 2. The molecule has 0 radical (unpaired) electrons. The molecule has 2 aliphatic carbocycles. The van der Waals surface area contributed by atoms with Gasteiger partial charge in [-0.3, -0.25) is 6.08 Å². The van der Waals surface area contributed by atoms with Crippen LogP contribution < -0.4 is 0 Å². The molecule has 0 aromatic heterocycles. The summed E-state index contributed by atoms with van der Waals surface area (Å²) in [5.74, 6) is 0.432. The summed E-state index contributed by atoms with van der Waals surface area (Å²) >= 11 is 0. The van der Waals surface area contributed by atoms with Crippen molar-refractivity contribution in [2.75, 3.05) is 0 Å². The van der Waals surface area contributed by atoms with Gasteiger partial charge in [-0.05, 0) is 17.0 Å². The van der Waals surface area contributed by atoms with Gasteiger partial charge in [-0.2, -0.15) is 11.1 Å². The van der Waals surface area contributed by atoms with Gasteiger partial charge in [-0.1, -0.05) is 62.6 Å². The molecule has 2 atom stereocenters. The first kappa shape index (κ1) is 20.9. The molecule has 0 heterocycles. The van der Waals surface area contributed by atoms with Crippen LogP contribution in [0.2, 0.25) is 0 Å². The van der Waals surface area contributed by atoms with Crippen LogP contribution in [-0.4, -0.2) is 0 Å². The van der Waals surface area contributed by atoms with E-state index in [1.165, 1.54) is 27.8 Å². The van der Waals surface area contributed by atoms with E-state index in [0.29, 0.717) is 5.92 Å². The molecular formula is C18H21Cl2Zr-. The van der Waals surface area contributed by atoms with Gasteiger partial charge in [0, 0.05) is 26.2 Å². The van der Waals surface area contributed by atoms with Crippen molar-refractivity contribution in [2.45, 2.75) is 33.6 Å². The molecule has 0 N–H and O–H groups in total. The fraction of sp³-hybridized carbons (Fsp3) is 0.333. The minimum atomic E-state index is 0. The molecule has 112 valence electrons. The maximum Gasteiger partial charge on any atom is 0 e. The van der Waals surface area contributed by atoms with Crippen molar-refractivity contribution in [1.29, 1.82) is 0 Å². The van der Waals surface area contributed by atoms with Gasteiger partial charge in [0.05, 0.1) is 0 Å². The van der Waals surface area contributed by atoms with E-state index in [-0.39, 0.29) is 56.4 Å². The van der Waals surface area contributed by atoms with Crippen LogP contribution in [0.25, 0.3) is 6.08 Å². The Morgan fingerprint density at radius 1 is 1.05 bits per heavy atom. The number of rotatable bonds is 1. The Labute approximate surface area is 159 Å². The normalized spacial score (nSPS) is 25.5. The summed E-state index contributed by atoms with van der Waals surface area (Å²) in [6, 6.07) is 8.71. The van der Waals surface area contributed by atoms with Crippen molar-refractivity contribution >= 4 is 30.9 Å². The third-order valence-corrected chi connectivity index (χ3v) is 4.77. The van der Waals surface area contributed by atoms with Crippen LogP contribution in [0.5, 0.6) is 0 Å². The number of hydrogen-bond donors (Lipinski definition) is 0. The summed E-state index contributed by atoms with van der Waals surface area (Å²) in [6.07, 6.45) is 8.30. The smallest absolute Gasteiger partial charge is 0 e. The SMILES string of the molecule is CC1=[C-]C(C)(C2C=Cc3ccccc32)C(C)=C1C.Cl.Cl.[Zr]. The molecule has 0 fully saturated rings. The van der Waals surface area contributed by atoms with Crippen molar-refractivity contribution in [2.24, 2.45) is 5.41 Å². The molecule has 0 amide bonds. The number of hydrogen-bond acceptors (Lipinski definition) is 0. The first-order chi connectivity index (χ1) is 8.54. The van der Waals surface area contributed by atoms with Crippen LogP contribution in [-0.2, 0) is 26.2 Å². The molecule has 1 aromatic rings. The zero-order chi connectivity index (χ0) is 12.9. The minimum Gasteiger partial charge on any atom is -0.262 e. The summed E-state index contributed by atoms with van der Waals surface area (Å²) in [5, 5.41) is 0. The van der Waals surface area contributed by atoms with E-state index >= 15 is 0 Å². The second-order valence-corrected chi connectivity index (χ2v) is 5.67. The van der Waals surface area contributed by atoms with Gasteiger partial charge >= 0.3 is 0 Å². The van der Waals surface area contributed by atoms with E-state index in [1.54, 1.807) is 0 Å². The molecule has 0 bridgehead atoms. The molecule has 3 heteroatoms. The van der Waals surface area contributed by atoms with Gasteiger partial charge in [0.2, 0.25) is 0 Å². The maximum absolute atomic E-state index is 3.70. The average Bonchev–Trinajstić information content (AvgIpc) is 2.87. The van der Waals surface area contributed by atoms with Gasteiger partial charge in [-0.15, -0.1) is 31.7 Å². The zero-order valence-corrected chi connectivity index (χ0v) is 16.9. The van der Waals surface area contributed by atoms with E-state index in [4.69, 9.17) is 0 Å². The molecule has 1 aromatic carbocycles. The zero-order valence-electron chi connectivity index (χ0n) is 12.9. The Balaban J connectivity index is 0.00000133. The summed E-state index contributed by atoms with van der Waals surface area (Å²) in [7, 11) is 0. The second kappa shape index (κ2) is 7.45. The number of fused-ring (bicyclic) bond motifs is 1. The molecule has 3 rings (SSSR count). The number of benzene rings is 1.